The number of piperazine rings is 1. The van der Waals surface area contributed by atoms with E-state index >= 15 is 0 Å². The molecule has 2 saturated heterocycles. The highest BCUT2D eigenvalue weighted by atomic mass is 32.1. The van der Waals surface area contributed by atoms with Gasteiger partial charge in [0.1, 0.15) is 5.82 Å². The molecule has 1 unspecified atom stereocenters. The van der Waals surface area contributed by atoms with E-state index in [0.717, 1.165) is 50.1 Å². The molecule has 3 aliphatic rings. The van der Waals surface area contributed by atoms with E-state index < -0.39 is 0 Å². The zero-order chi connectivity index (χ0) is 23.9. The molecule has 0 spiro atoms. The lowest BCUT2D eigenvalue weighted by Gasteiger charge is -2.48. The summed E-state index contributed by atoms with van der Waals surface area (Å²) < 4.78 is 13.3. The number of halogens is 1. The van der Waals surface area contributed by atoms with Crippen LogP contribution < -0.4 is 0 Å². The summed E-state index contributed by atoms with van der Waals surface area (Å²) in [6.07, 6.45) is 3.59. The first-order valence-corrected chi connectivity index (χ1v) is 13.0. The van der Waals surface area contributed by atoms with E-state index in [2.05, 4.69) is 22.0 Å². The molecule has 1 aromatic heterocycles. The van der Waals surface area contributed by atoms with Gasteiger partial charge in [-0.1, -0.05) is 18.2 Å². The van der Waals surface area contributed by atoms with Crippen molar-refractivity contribution in [3.63, 3.8) is 0 Å². The number of thiazole rings is 1. The molecule has 0 radical (unpaired) electrons. The molecule has 2 aromatic carbocycles. The van der Waals surface area contributed by atoms with Gasteiger partial charge in [0.25, 0.3) is 11.8 Å². The number of hydrogen-bond acceptors (Lipinski definition) is 5. The van der Waals surface area contributed by atoms with Crippen molar-refractivity contribution < 1.29 is 14.0 Å². The number of rotatable bonds is 4. The number of aryl methyl sites for hydroxylation is 1. The number of nitrogens with zero attached hydrogens (tertiary/aromatic N) is 4. The molecule has 1 aliphatic carbocycles. The van der Waals surface area contributed by atoms with E-state index in [9.17, 15) is 14.0 Å². The van der Waals surface area contributed by atoms with Gasteiger partial charge in [-0.05, 0) is 53.8 Å². The molecule has 6 rings (SSSR count). The minimum Gasteiger partial charge on any atom is -0.335 e. The molecule has 6 nitrogen and oxygen atoms in total. The minimum absolute atomic E-state index is 0.0170. The average Bonchev–Trinajstić information content (AvgIpc) is 3.54. The molecule has 0 bridgehead atoms. The van der Waals surface area contributed by atoms with Crippen LogP contribution in [0.3, 0.4) is 0 Å². The lowest BCUT2D eigenvalue weighted by Crippen LogP contribution is -2.64. The Hall–Kier alpha value is -3.10. The van der Waals surface area contributed by atoms with Crippen molar-refractivity contribution in [3.8, 4) is 0 Å². The van der Waals surface area contributed by atoms with E-state index in [1.807, 2.05) is 33.4 Å². The Balaban J connectivity index is 1.03. The molecule has 1 atom stereocenters. The van der Waals surface area contributed by atoms with Crippen LogP contribution in [-0.4, -0.2) is 76.8 Å². The van der Waals surface area contributed by atoms with E-state index in [1.54, 1.807) is 6.20 Å². The maximum atomic E-state index is 13.3. The van der Waals surface area contributed by atoms with Crippen molar-refractivity contribution >= 4 is 23.2 Å². The minimum atomic E-state index is -0.216. The van der Waals surface area contributed by atoms with E-state index in [-0.39, 0.29) is 23.5 Å². The van der Waals surface area contributed by atoms with Gasteiger partial charge in [-0.3, -0.25) is 14.5 Å². The zero-order valence-electron chi connectivity index (χ0n) is 19.4. The maximum Gasteiger partial charge on any atom is 0.282 e. The molecule has 0 saturated carbocycles. The normalized spacial score (nSPS) is 20.5. The van der Waals surface area contributed by atoms with Gasteiger partial charge in [0.15, 0.2) is 5.01 Å². The number of aromatic nitrogens is 1. The lowest BCUT2D eigenvalue weighted by molar-refractivity contribution is 0.00852. The third-order valence-corrected chi connectivity index (χ3v) is 8.38. The largest absolute Gasteiger partial charge is 0.335 e. The Kier molecular flexibility index (Phi) is 5.86. The fraction of sp³-hybridized carbons (Fsp3) is 0.370. The highest BCUT2D eigenvalue weighted by Crippen LogP contribution is 2.38. The Bertz CT molecular complexity index is 1230. The number of carbonyl (C=O) groups is 2. The number of benzene rings is 2. The number of fused-ring (bicyclic) bond motifs is 1. The van der Waals surface area contributed by atoms with Gasteiger partial charge < -0.3 is 9.80 Å². The summed E-state index contributed by atoms with van der Waals surface area (Å²) >= 11 is 1.38. The maximum absolute atomic E-state index is 13.3. The van der Waals surface area contributed by atoms with Crippen LogP contribution in [-0.2, 0) is 6.42 Å². The summed E-state index contributed by atoms with van der Waals surface area (Å²) in [5.41, 5.74) is 4.35. The lowest BCUT2D eigenvalue weighted by atomic mass is 9.92. The molecule has 180 valence electrons. The molecule has 3 aromatic rings. The highest BCUT2D eigenvalue weighted by molar-refractivity contribution is 7.11. The van der Waals surface area contributed by atoms with Crippen molar-refractivity contribution in [1.29, 1.82) is 0 Å². The van der Waals surface area contributed by atoms with E-state index in [0.29, 0.717) is 24.1 Å². The van der Waals surface area contributed by atoms with Crippen molar-refractivity contribution in [2.75, 3.05) is 39.3 Å². The average molecular weight is 491 g/mol. The monoisotopic (exact) mass is 490 g/mol. The first kappa shape index (κ1) is 22.4. The molecule has 35 heavy (non-hydrogen) atoms. The number of likely N-dealkylation sites (tertiary alicyclic amines) is 1. The summed E-state index contributed by atoms with van der Waals surface area (Å²) in [6.45, 7) is 4.51. The Morgan fingerprint density at radius 2 is 1.71 bits per heavy atom. The predicted octanol–water partition coefficient (Wildman–Crippen LogP) is 3.64. The topological polar surface area (TPSA) is 56.8 Å². The highest BCUT2D eigenvalue weighted by Gasteiger charge is 2.37. The van der Waals surface area contributed by atoms with Crippen molar-refractivity contribution in [2.24, 2.45) is 0 Å². The smallest absolute Gasteiger partial charge is 0.282 e. The Labute approximate surface area is 208 Å². The standard InChI is InChI=1S/C27H27FN4O2S/c28-21-5-1-18(2-6-21)23-7-3-19-15-20(4-8-24(19)23)26(33)32-16-22(17-32)30-10-12-31(13-11-30)27(34)25-29-9-14-35-25/h1-2,4-6,8-9,14-15,22-23H,3,7,10-13,16-17H2. The predicted molar refractivity (Wildman–Crippen MR) is 132 cm³/mol. The Morgan fingerprint density at radius 3 is 2.43 bits per heavy atom. The molecule has 3 heterocycles. The van der Waals surface area contributed by atoms with Crippen molar-refractivity contribution in [2.45, 2.75) is 24.8 Å². The van der Waals surface area contributed by atoms with E-state index in [4.69, 9.17) is 0 Å². The van der Waals surface area contributed by atoms with Gasteiger partial charge in [-0.25, -0.2) is 9.37 Å². The van der Waals surface area contributed by atoms with Gasteiger partial charge >= 0.3 is 0 Å². The van der Waals surface area contributed by atoms with Crippen LogP contribution >= 0.6 is 11.3 Å². The third kappa shape index (κ3) is 4.25. The van der Waals surface area contributed by atoms with Gasteiger partial charge in [0.05, 0.1) is 0 Å². The molecule has 0 N–H and O–H groups in total. The number of amides is 2. The fourth-order valence-electron chi connectivity index (χ4n) is 5.58. The van der Waals surface area contributed by atoms with Gasteiger partial charge in [0, 0.05) is 68.4 Å². The van der Waals surface area contributed by atoms with Gasteiger partial charge in [0.2, 0.25) is 0 Å². The third-order valence-electron chi connectivity index (χ3n) is 7.62. The van der Waals surface area contributed by atoms with Gasteiger partial charge in [-0.2, -0.15) is 0 Å². The van der Waals surface area contributed by atoms with Crippen molar-refractivity contribution in [3.05, 3.63) is 87.1 Å². The summed E-state index contributed by atoms with van der Waals surface area (Å²) in [4.78, 5) is 35.9. The SMILES string of the molecule is O=C(c1ccc2c(c1)CCC2c1ccc(F)cc1)N1CC(N2CCN(C(=O)c3nccs3)CC2)C1. The number of carbonyl (C=O) groups excluding carboxylic acids is 2. The van der Waals surface area contributed by atoms with Crippen LogP contribution in [0.5, 0.6) is 0 Å². The second-order valence-electron chi connectivity index (χ2n) is 9.59. The van der Waals surface area contributed by atoms with Crippen LogP contribution in [0.4, 0.5) is 4.39 Å². The number of hydrogen-bond donors (Lipinski definition) is 0. The van der Waals surface area contributed by atoms with E-state index in [1.165, 1.54) is 34.6 Å². The summed E-state index contributed by atoms with van der Waals surface area (Å²) in [6, 6.07) is 13.2. The summed E-state index contributed by atoms with van der Waals surface area (Å²) in [7, 11) is 0. The van der Waals surface area contributed by atoms with Crippen LogP contribution in [0, 0.1) is 5.82 Å². The van der Waals surface area contributed by atoms with Gasteiger partial charge in [-0.15, -0.1) is 11.3 Å². The molecular formula is C27H27FN4O2S. The quantitative estimate of drug-likeness (QED) is 0.560. The zero-order valence-corrected chi connectivity index (χ0v) is 20.2. The second kappa shape index (κ2) is 9.17. The summed E-state index contributed by atoms with van der Waals surface area (Å²) in [5, 5.41) is 2.38. The first-order chi connectivity index (χ1) is 17.1. The summed E-state index contributed by atoms with van der Waals surface area (Å²) in [5.74, 6) is 0.159. The fourth-order valence-corrected chi connectivity index (χ4v) is 6.18. The molecule has 2 amide bonds. The molecule has 2 aliphatic heterocycles. The molecular weight excluding hydrogens is 463 g/mol. The second-order valence-corrected chi connectivity index (χ2v) is 10.5. The van der Waals surface area contributed by atoms with Crippen molar-refractivity contribution in [1.82, 2.24) is 19.7 Å². The van der Waals surface area contributed by atoms with Crippen LogP contribution in [0.1, 0.15) is 49.2 Å². The first-order valence-electron chi connectivity index (χ1n) is 12.2. The van der Waals surface area contributed by atoms with Crippen LogP contribution in [0.15, 0.2) is 54.0 Å². The van der Waals surface area contributed by atoms with Crippen LogP contribution in [0.2, 0.25) is 0 Å². The Morgan fingerprint density at radius 1 is 0.943 bits per heavy atom. The van der Waals surface area contributed by atoms with Crippen LogP contribution in [0.25, 0.3) is 0 Å². The molecule has 8 heteroatoms. The molecule has 2 fully saturated rings.